The van der Waals surface area contributed by atoms with Gasteiger partial charge in [-0.1, -0.05) is 37.3 Å². The molecule has 2 heterocycles. The number of pyridine rings is 2. The maximum Gasteiger partial charge on any atom is 0.0740 e. The van der Waals surface area contributed by atoms with E-state index in [1.807, 2.05) is 24.5 Å². The van der Waals surface area contributed by atoms with Crippen LogP contribution in [-0.2, 0) is 0 Å². The lowest BCUT2D eigenvalue weighted by molar-refractivity contribution is 0.917. The highest BCUT2D eigenvalue weighted by Crippen LogP contribution is 2.28. The van der Waals surface area contributed by atoms with E-state index in [-0.39, 0.29) is 0 Å². The summed E-state index contributed by atoms with van der Waals surface area (Å²) in [5.74, 6) is 0.303. The molecule has 1 unspecified atom stereocenters. The van der Waals surface area contributed by atoms with Crippen LogP contribution < -0.4 is 0 Å². The van der Waals surface area contributed by atoms with Crippen LogP contribution in [0.5, 0.6) is 0 Å². The highest BCUT2D eigenvalue weighted by molar-refractivity contribution is 5.82. The van der Waals surface area contributed by atoms with Crippen LogP contribution in [-0.4, -0.2) is 9.97 Å². The van der Waals surface area contributed by atoms with Gasteiger partial charge < -0.3 is 0 Å². The molecule has 2 heteroatoms. The SMILES string of the molecule is CC(c1cccnc1)c1cccc2cccnc12. The lowest BCUT2D eigenvalue weighted by Crippen LogP contribution is -1.98. The molecule has 0 fully saturated rings. The Bertz CT molecular complexity index is 657. The number of hydrogen-bond donors (Lipinski definition) is 0. The molecule has 1 aromatic carbocycles. The molecule has 0 saturated heterocycles. The van der Waals surface area contributed by atoms with Gasteiger partial charge in [0.15, 0.2) is 0 Å². The second kappa shape index (κ2) is 4.57. The van der Waals surface area contributed by atoms with Gasteiger partial charge in [-0.05, 0) is 23.3 Å². The van der Waals surface area contributed by atoms with Gasteiger partial charge in [-0.15, -0.1) is 0 Å². The van der Waals surface area contributed by atoms with E-state index < -0.39 is 0 Å². The zero-order valence-electron chi connectivity index (χ0n) is 10.2. The zero-order valence-corrected chi connectivity index (χ0v) is 10.2. The van der Waals surface area contributed by atoms with Crippen LogP contribution in [0, 0.1) is 0 Å². The Balaban J connectivity index is 2.15. The summed E-state index contributed by atoms with van der Waals surface area (Å²) in [5, 5.41) is 1.19. The van der Waals surface area contributed by atoms with Gasteiger partial charge in [0.25, 0.3) is 0 Å². The molecule has 0 aliphatic heterocycles. The maximum atomic E-state index is 4.51. The Kier molecular flexibility index (Phi) is 2.77. The van der Waals surface area contributed by atoms with Crippen molar-refractivity contribution < 1.29 is 0 Å². The Morgan fingerprint density at radius 2 is 1.78 bits per heavy atom. The Labute approximate surface area is 106 Å². The lowest BCUT2D eigenvalue weighted by atomic mass is 9.92. The standard InChI is InChI=1S/C16H14N2/c1-12(14-7-3-9-17-11-14)15-8-2-5-13-6-4-10-18-16(13)15/h2-12H,1H3. The van der Waals surface area contributed by atoms with E-state index in [2.05, 4.69) is 47.2 Å². The Hall–Kier alpha value is -2.22. The molecule has 0 amide bonds. The molecular weight excluding hydrogens is 220 g/mol. The van der Waals surface area contributed by atoms with Gasteiger partial charge in [-0.3, -0.25) is 9.97 Å². The number of hydrogen-bond acceptors (Lipinski definition) is 2. The molecule has 0 spiro atoms. The third kappa shape index (κ3) is 1.86. The summed E-state index contributed by atoms with van der Waals surface area (Å²) in [6.07, 6.45) is 5.58. The molecule has 1 atom stereocenters. The fourth-order valence-electron chi connectivity index (χ4n) is 2.29. The van der Waals surface area contributed by atoms with E-state index in [1.54, 1.807) is 6.20 Å². The molecular formula is C16H14N2. The highest BCUT2D eigenvalue weighted by atomic mass is 14.7. The monoisotopic (exact) mass is 234 g/mol. The van der Waals surface area contributed by atoms with Crippen LogP contribution in [0.3, 0.4) is 0 Å². The smallest absolute Gasteiger partial charge is 0.0740 e. The van der Waals surface area contributed by atoms with Crippen LogP contribution >= 0.6 is 0 Å². The summed E-state index contributed by atoms with van der Waals surface area (Å²) in [6, 6.07) is 14.5. The van der Waals surface area contributed by atoms with Gasteiger partial charge in [0, 0.05) is 29.9 Å². The average Bonchev–Trinajstić information content (AvgIpc) is 2.47. The number of aromatic nitrogens is 2. The molecule has 2 nitrogen and oxygen atoms in total. The minimum atomic E-state index is 0.303. The highest BCUT2D eigenvalue weighted by Gasteiger charge is 2.12. The molecule has 88 valence electrons. The van der Waals surface area contributed by atoms with Gasteiger partial charge >= 0.3 is 0 Å². The Morgan fingerprint density at radius 1 is 0.944 bits per heavy atom. The first kappa shape index (κ1) is 10.9. The minimum absolute atomic E-state index is 0.303. The van der Waals surface area contributed by atoms with E-state index >= 15 is 0 Å². The third-order valence-corrected chi connectivity index (χ3v) is 3.31. The molecule has 3 rings (SSSR count). The first-order chi connectivity index (χ1) is 8.86. The van der Waals surface area contributed by atoms with Gasteiger partial charge in [0.05, 0.1) is 5.52 Å². The van der Waals surface area contributed by atoms with Crippen molar-refractivity contribution in [3.05, 3.63) is 72.2 Å². The fraction of sp³-hybridized carbons (Fsp3) is 0.125. The second-order valence-corrected chi connectivity index (χ2v) is 4.43. The van der Waals surface area contributed by atoms with E-state index in [4.69, 9.17) is 0 Å². The van der Waals surface area contributed by atoms with Crippen molar-refractivity contribution in [2.45, 2.75) is 12.8 Å². The molecule has 0 saturated carbocycles. The van der Waals surface area contributed by atoms with Crippen molar-refractivity contribution in [1.29, 1.82) is 0 Å². The van der Waals surface area contributed by atoms with Crippen molar-refractivity contribution >= 4 is 10.9 Å². The van der Waals surface area contributed by atoms with Crippen LogP contribution in [0.4, 0.5) is 0 Å². The van der Waals surface area contributed by atoms with Crippen molar-refractivity contribution in [3.63, 3.8) is 0 Å². The predicted octanol–water partition coefficient (Wildman–Crippen LogP) is 3.78. The lowest BCUT2D eigenvalue weighted by Gasteiger charge is -2.13. The Morgan fingerprint density at radius 3 is 2.61 bits per heavy atom. The molecule has 0 aliphatic rings. The maximum absolute atomic E-state index is 4.51. The quantitative estimate of drug-likeness (QED) is 0.674. The topological polar surface area (TPSA) is 25.8 Å². The molecule has 0 aliphatic carbocycles. The molecule has 0 N–H and O–H groups in total. The predicted molar refractivity (Wildman–Crippen MR) is 73.5 cm³/mol. The number of fused-ring (bicyclic) bond motifs is 1. The summed E-state index contributed by atoms with van der Waals surface area (Å²) in [6.45, 7) is 2.19. The van der Waals surface area contributed by atoms with Crippen LogP contribution in [0.2, 0.25) is 0 Å². The minimum Gasteiger partial charge on any atom is -0.264 e. The van der Waals surface area contributed by atoms with E-state index in [1.165, 1.54) is 16.5 Å². The van der Waals surface area contributed by atoms with E-state index in [9.17, 15) is 0 Å². The fourth-order valence-corrected chi connectivity index (χ4v) is 2.29. The van der Waals surface area contributed by atoms with E-state index in [0.29, 0.717) is 5.92 Å². The van der Waals surface area contributed by atoms with Crippen molar-refractivity contribution in [2.75, 3.05) is 0 Å². The molecule has 3 aromatic rings. The zero-order chi connectivity index (χ0) is 12.4. The molecule has 18 heavy (non-hydrogen) atoms. The van der Waals surface area contributed by atoms with Gasteiger partial charge in [0.2, 0.25) is 0 Å². The average molecular weight is 234 g/mol. The third-order valence-electron chi connectivity index (χ3n) is 3.31. The molecule has 0 bridgehead atoms. The summed E-state index contributed by atoms with van der Waals surface area (Å²) < 4.78 is 0. The van der Waals surface area contributed by atoms with Crippen LogP contribution in [0.1, 0.15) is 24.0 Å². The summed E-state index contributed by atoms with van der Waals surface area (Å²) in [4.78, 5) is 8.70. The number of nitrogens with zero attached hydrogens (tertiary/aromatic N) is 2. The molecule has 2 aromatic heterocycles. The van der Waals surface area contributed by atoms with Crippen LogP contribution in [0.25, 0.3) is 10.9 Å². The van der Waals surface area contributed by atoms with E-state index in [0.717, 1.165) is 5.52 Å². The summed E-state index contributed by atoms with van der Waals surface area (Å²) >= 11 is 0. The van der Waals surface area contributed by atoms with Gasteiger partial charge in [-0.25, -0.2) is 0 Å². The summed E-state index contributed by atoms with van der Waals surface area (Å²) in [7, 11) is 0. The normalized spacial score (nSPS) is 12.5. The number of benzene rings is 1. The van der Waals surface area contributed by atoms with Crippen molar-refractivity contribution in [2.24, 2.45) is 0 Å². The first-order valence-electron chi connectivity index (χ1n) is 6.10. The first-order valence-corrected chi connectivity index (χ1v) is 6.10. The van der Waals surface area contributed by atoms with Gasteiger partial charge in [0.1, 0.15) is 0 Å². The van der Waals surface area contributed by atoms with Crippen molar-refractivity contribution in [3.8, 4) is 0 Å². The van der Waals surface area contributed by atoms with Crippen molar-refractivity contribution in [1.82, 2.24) is 9.97 Å². The van der Waals surface area contributed by atoms with Crippen LogP contribution in [0.15, 0.2) is 61.1 Å². The summed E-state index contributed by atoms with van der Waals surface area (Å²) in [5.41, 5.74) is 3.55. The second-order valence-electron chi connectivity index (χ2n) is 4.43. The molecule has 0 radical (unpaired) electrons. The number of rotatable bonds is 2. The number of para-hydroxylation sites is 1. The largest absolute Gasteiger partial charge is 0.264 e. The van der Waals surface area contributed by atoms with Gasteiger partial charge in [-0.2, -0.15) is 0 Å².